The first-order valence-corrected chi connectivity index (χ1v) is 26.9. The number of nitrogens with zero attached hydrogens (tertiary/aromatic N) is 5. The van der Waals surface area contributed by atoms with Crippen LogP contribution in [0.4, 0.5) is 0 Å². The van der Waals surface area contributed by atoms with E-state index in [0.29, 0.717) is 18.7 Å². The van der Waals surface area contributed by atoms with Crippen LogP contribution >= 0.6 is 0 Å². The van der Waals surface area contributed by atoms with E-state index in [-0.39, 0.29) is 68.4 Å². The van der Waals surface area contributed by atoms with Crippen molar-refractivity contribution in [2.24, 2.45) is 11.8 Å². The Morgan fingerprint density at radius 3 is 1.80 bits per heavy atom. The highest BCUT2D eigenvalue weighted by Gasteiger charge is 2.40. The molecule has 20 heteroatoms. The maximum atomic E-state index is 14.9. The Bertz CT molecular complexity index is 2010. The van der Waals surface area contributed by atoms with Crippen molar-refractivity contribution in [3.05, 3.63) is 48.3 Å². The summed E-state index contributed by atoms with van der Waals surface area (Å²) < 4.78 is 11.2. The molecule has 7 atom stereocenters. The number of methoxy groups -OCH3 is 1. The van der Waals surface area contributed by atoms with Crippen molar-refractivity contribution in [1.82, 2.24) is 40.4 Å². The third-order valence-electron chi connectivity index (χ3n) is 12.9. The van der Waals surface area contributed by atoms with Gasteiger partial charge in [0.05, 0.1) is 56.3 Å². The zero-order valence-corrected chi connectivity index (χ0v) is 48.6. The Kier molecular flexibility index (Phi) is 30.8. The van der Waals surface area contributed by atoms with Gasteiger partial charge in [-0.2, -0.15) is 0 Å². The lowest BCUT2D eigenvalue weighted by Crippen LogP contribution is -2.61. The fourth-order valence-electron chi connectivity index (χ4n) is 8.42. The Morgan fingerprint density at radius 2 is 1.30 bits per heavy atom. The number of hydrogen-bond acceptors (Lipinski definition) is 12. The summed E-state index contributed by atoms with van der Waals surface area (Å²) in [7, 11) is 8.60. The molecular formula is C56H96N8O12. The number of carbonyl (C=O) groups excluding carboxylic acids is 8. The number of piperidine rings is 1. The van der Waals surface area contributed by atoms with Crippen LogP contribution in [-0.4, -0.2) is 199 Å². The van der Waals surface area contributed by atoms with Gasteiger partial charge in [-0.15, -0.1) is 0 Å². The first-order valence-electron chi connectivity index (χ1n) is 26.9. The molecule has 6 unspecified atom stereocenters. The summed E-state index contributed by atoms with van der Waals surface area (Å²) in [6.07, 6.45) is 10.2. The molecular weight excluding hydrogens is 977 g/mol. The smallest absolute Gasteiger partial charge is 0.254 e. The Morgan fingerprint density at radius 1 is 0.750 bits per heavy atom. The minimum absolute atomic E-state index is 0.00285. The number of unbranched alkanes of at least 4 members (excludes halogenated alkanes) is 1. The summed E-state index contributed by atoms with van der Waals surface area (Å²) >= 11 is 0. The van der Waals surface area contributed by atoms with Crippen LogP contribution in [-0.2, 0) is 47.8 Å². The minimum Gasteiger partial charge on any atom is -0.504 e. The summed E-state index contributed by atoms with van der Waals surface area (Å²) in [4.78, 5) is 119. The van der Waals surface area contributed by atoms with E-state index in [1.807, 2.05) is 40.7 Å². The quantitative estimate of drug-likeness (QED) is 0.0279. The second-order valence-corrected chi connectivity index (χ2v) is 21.9. The molecule has 432 valence electrons. The van der Waals surface area contributed by atoms with Crippen molar-refractivity contribution in [2.75, 3.05) is 68.6 Å². The SMILES string of the molecule is C=C(/C=C\C(=C\OC)C(=O)NC)CCC(C(=O)N(C)C(CC(C)C)C(=O)NC(COC(C)(C)C)C(=O)N(C)C(CC(C)C)C(=O)N[C@@H](CC(O)/C=C\CCC)C(=O)N1CCCCC1)N(C)C(=O)CN(C)C(=O)CC(C)O. The van der Waals surface area contributed by atoms with E-state index in [4.69, 9.17) is 9.47 Å². The molecule has 1 aliphatic heterocycles. The number of hydrogen-bond donors (Lipinski definition) is 5. The van der Waals surface area contributed by atoms with Gasteiger partial charge in [-0.05, 0) is 97.0 Å². The normalized spacial score (nSPS) is 16.0. The van der Waals surface area contributed by atoms with E-state index in [9.17, 15) is 48.6 Å². The first kappa shape index (κ1) is 68.4. The topological polar surface area (TPSA) is 248 Å². The van der Waals surface area contributed by atoms with Gasteiger partial charge in [-0.1, -0.05) is 71.4 Å². The van der Waals surface area contributed by atoms with Crippen LogP contribution < -0.4 is 16.0 Å². The van der Waals surface area contributed by atoms with Gasteiger partial charge in [0.15, 0.2) is 0 Å². The van der Waals surface area contributed by atoms with Crippen molar-refractivity contribution in [3.63, 3.8) is 0 Å². The number of likely N-dealkylation sites (tertiary alicyclic amines) is 1. The van der Waals surface area contributed by atoms with Crippen molar-refractivity contribution in [2.45, 2.75) is 181 Å². The first-order chi connectivity index (χ1) is 35.5. The molecule has 1 aliphatic rings. The fraction of sp³-hybridized carbons (Fsp3) is 0.714. The van der Waals surface area contributed by atoms with Gasteiger partial charge in [0.25, 0.3) is 5.91 Å². The number of likely N-dealkylation sites (N-methyl/N-ethyl adjacent to an activating group) is 5. The van der Waals surface area contributed by atoms with Crippen LogP contribution in [0.25, 0.3) is 0 Å². The molecule has 76 heavy (non-hydrogen) atoms. The lowest BCUT2D eigenvalue weighted by atomic mass is 9.98. The molecule has 8 amide bonds. The molecule has 0 saturated carbocycles. The molecule has 1 heterocycles. The third kappa shape index (κ3) is 24.6. The largest absolute Gasteiger partial charge is 0.504 e. The summed E-state index contributed by atoms with van der Waals surface area (Å²) in [5.74, 6) is -4.68. The summed E-state index contributed by atoms with van der Waals surface area (Å²) in [5, 5.41) is 29.1. The van der Waals surface area contributed by atoms with Crippen LogP contribution in [0.15, 0.2) is 48.3 Å². The molecule has 1 saturated heterocycles. The number of nitrogens with one attached hydrogen (secondary N) is 3. The maximum Gasteiger partial charge on any atom is 0.254 e. The standard InChI is InChI=1S/C56H96N8O12/c1-17-18-20-23-42(66)33-43(54(73)64-28-21-19-22-29-64)58-51(70)46(30-37(2)3)62(14)53(72)44(36-76-56(8,9)10)59-52(71)47(31-38(4)5)63(15)55(74)45(61(13)49(68)34-60(12)48(67)32-40(7)65)27-25-39(6)24-26-41(35-75-16)50(69)57-11/h20,23-24,26,35,37-38,40,42-47,65-66H,6,17-19,21-22,25,27-34,36H2,1-5,7-16H3,(H,57,69)(H,58,70)(H,59,71)/b23-20-,26-24-,41-35-/t40?,42?,43-,44?,45?,46?,47?/m0/s1. The summed E-state index contributed by atoms with van der Waals surface area (Å²) in [5.41, 5.74) is -0.0937. The van der Waals surface area contributed by atoms with Gasteiger partial charge in [0.1, 0.15) is 30.2 Å². The second-order valence-electron chi connectivity index (χ2n) is 21.9. The lowest BCUT2D eigenvalue weighted by molar-refractivity contribution is -0.151. The Balaban J connectivity index is 3.78. The number of rotatable bonds is 32. The highest BCUT2D eigenvalue weighted by Crippen LogP contribution is 2.22. The number of amides is 8. The molecule has 0 aromatic carbocycles. The summed E-state index contributed by atoms with van der Waals surface area (Å²) in [6, 6.07) is -5.98. The van der Waals surface area contributed by atoms with Gasteiger partial charge in [0.2, 0.25) is 41.4 Å². The van der Waals surface area contributed by atoms with E-state index in [2.05, 4.69) is 22.5 Å². The molecule has 0 spiro atoms. The number of allylic oxidation sites excluding steroid dienone is 3. The van der Waals surface area contributed by atoms with Gasteiger partial charge < -0.3 is 60.1 Å². The molecule has 0 aliphatic carbocycles. The monoisotopic (exact) mass is 1070 g/mol. The molecule has 20 nitrogen and oxygen atoms in total. The number of carbonyl (C=O) groups is 8. The summed E-state index contributed by atoms with van der Waals surface area (Å²) in [6.45, 7) is 20.8. The van der Waals surface area contributed by atoms with Gasteiger partial charge in [0, 0.05) is 54.7 Å². The highest BCUT2D eigenvalue weighted by atomic mass is 16.5. The minimum atomic E-state index is -1.37. The molecule has 5 N–H and O–H groups in total. The zero-order chi connectivity index (χ0) is 58.0. The second kappa shape index (κ2) is 34.2. The van der Waals surface area contributed by atoms with Crippen LogP contribution in [0.3, 0.4) is 0 Å². The number of aliphatic hydroxyl groups excluding tert-OH is 2. The van der Waals surface area contributed by atoms with Gasteiger partial charge in [-0.25, -0.2) is 0 Å². The van der Waals surface area contributed by atoms with E-state index >= 15 is 0 Å². The highest BCUT2D eigenvalue weighted by molar-refractivity contribution is 5.97. The van der Waals surface area contributed by atoms with Crippen molar-refractivity contribution in [1.29, 1.82) is 0 Å². The lowest BCUT2D eigenvalue weighted by Gasteiger charge is -2.37. The number of ether oxygens (including phenoxy) is 2. The van der Waals surface area contributed by atoms with E-state index < -0.39 is 95.9 Å². The molecule has 0 aromatic rings. The number of aliphatic hydroxyl groups is 2. The maximum absolute atomic E-state index is 14.9. The van der Waals surface area contributed by atoms with E-state index in [1.54, 1.807) is 37.8 Å². The predicted molar refractivity (Wildman–Crippen MR) is 294 cm³/mol. The van der Waals surface area contributed by atoms with Gasteiger partial charge >= 0.3 is 0 Å². The van der Waals surface area contributed by atoms with Crippen LogP contribution in [0.1, 0.15) is 133 Å². The van der Waals surface area contributed by atoms with Crippen LogP contribution in [0.5, 0.6) is 0 Å². The van der Waals surface area contributed by atoms with Crippen LogP contribution in [0.2, 0.25) is 0 Å². The zero-order valence-electron chi connectivity index (χ0n) is 48.6. The predicted octanol–water partition coefficient (Wildman–Crippen LogP) is 3.86. The van der Waals surface area contributed by atoms with Gasteiger partial charge in [-0.3, -0.25) is 38.4 Å². The van der Waals surface area contributed by atoms with Crippen molar-refractivity contribution in [3.8, 4) is 0 Å². The average molecular weight is 1070 g/mol. The van der Waals surface area contributed by atoms with E-state index in [1.165, 1.54) is 76.3 Å². The van der Waals surface area contributed by atoms with E-state index in [0.717, 1.165) is 37.0 Å². The van der Waals surface area contributed by atoms with Crippen molar-refractivity contribution >= 4 is 47.3 Å². The molecule has 0 aromatic heterocycles. The molecule has 0 bridgehead atoms. The van der Waals surface area contributed by atoms with Crippen LogP contribution in [0, 0.1) is 11.8 Å². The third-order valence-corrected chi connectivity index (χ3v) is 12.9. The molecule has 1 rings (SSSR count). The molecule has 0 radical (unpaired) electrons. The fourth-order valence-corrected chi connectivity index (χ4v) is 8.42. The Hall–Kier alpha value is -5.60. The van der Waals surface area contributed by atoms with Crippen molar-refractivity contribution < 1.29 is 58.0 Å². The molecule has 1 fully saturated rings. The average Bonchev–Trinajstić information content (AvgIpc) is 3.35. The Labute approximate surface area is 454 Å².